The second-order valence-corrected chi connectivity index (χ2v) is 15.6. The number of rotatable bonds is 6. The van der Waals surface area contributed by atoms with E-state index in [4.69, 9.17) is 37.9 Å². The van der Waals surface area contributed by atoms with Gasteiger partial charge in [-0.25, -0.2) is 28.8 Å². The van der Waals surface area contributed by atoms with Gasteiger partial charge >= 0.3 is 35.8 Å². The molecule has 0 N–H and O–H groups in total. The molecule has 308 valence electrons. The van der Waals surface area contributed by atoms with Crippen molar-refractivity contribution in [2.24, 2.45) is 11.8 Å². The second-order valence-electron chi connectivity index (χ2n) is 15.6. The highest BCUT2D eigenvalue weighted by molar-refractivity contribution is 6.16. The molecule has 0 aromatic heterocycles. The molecule has 4 aliphatic heterocycles. The van der Waals surface area contributed by atoms with Crippen LogP contribution in [0.4, 0.5) is 0 Å². The van der Waals surface area contributed by atoms with E-state index in [2.05, 4.69) is 13.8 Å². The number of allylic oxidation sites excluding steroid dienone is 8. The quantitative estimate of drug-likeness (QED) is 0.124. The Morgan fingerprint density at radius 1 is 0.414 bits per heavy atom. The van der Waals surface area contributed by atoms with Crippen LogP contribution in [0.5, 0.6) is 0 Å². The van der Waals surface area contributed by atoms with Crippen LogP contribution >= 0.6 is 0 Å². The van der Waals surface area contributed by atoms with Crippen molar-refractivity contribution in [2.45, 2.75) is 114 Å². The smallest absolute Gasteiger partial charge is 0.348 e. The molecule has 0 radical (unpaired) electrons. The highest BCUT2D eigenvalue weighted by Gasteiger charge is 2.50. The number of esters is 6. The first-order chi connectivity index (χ1) is 27.6. The van der Waals surface area contributed by atoms with Gasteiger partial charge in [-0.15, -0.1) is 0 Å². The van der Waals surface area contributed by atoms with Crippen molar-refractivity contribution < 1.29 is 76.9 Å². The molecule has 0 amide bonds. The lowest BCUT2D eigenvalue weighted by Crippen LogP contribution is -2.54. The van der Waals surface area contributed by atoms with Gasteiger partial charge < -0.3 is 48.1 Å². The standard InChI is InChI=1S/C42H44O16/c1-25-13-17-39(18-14-25)51-31(43)27(32(44)52-39)9-5-3-7-11-29-35(47)55-41(56-36(29)48)21-23-42(24-22-41)57-37(49)30(38(50)58-42)12-8-4-6-10-28-33(45)53-40(54-34(28)46)19-15-26(2)16-20-40/h3-12,25-26,47,49H,13-24H2,1-2H3/p-2/b5-3+,6-4+,11-7+,12-8+,27-9?,28-10?. The zero-order valence-corrected chi connectivity index (χ0v) is 31.9. The molecule has 5 fully saturated rings. The van der Waals surface area contributed by atoms with Crippen molar-refractivity contribution >= 4 is 35.8 Å². The Balaban J connectivity index is 0.906. The molecule has 7 aliphatic rings. The predicted octanol–water partition coefficient (Wildman–Crippen LogP) is 3.33. The Labute approximate surface area is 333 Å². The molecular weight excluding hydrogens is 760 g/mol. The van der Waals surface area contributed by atoms with E-state index in [0.29, 0.717) is 37.5 Å². The van der Waals surface area contributed by atoms with Gasteiger partial charge in [-0.3, -0.25) is 0 Å². The van der Waals surface area contributed by atoms with E-state index in [0.717, 1.165) is 37.8 Å². The summed E-state index contributed by atoms with van der Waals surface area (Å²) in [6.45, 7) is 4.16. The number of hydrogen-bond donors (Lipinski definition) is 0. The van der Waals surface area contributed by atoms with Crippen molar-refractivity contribution in [3.05, 3.63) is 94.9 Å². The van der Waals surface area contributed by atoms with Crippen LogP contribution in [0.25, 0.3) is 0 Å². The summed E-state index contributed by atoms with van der Waals surface area (Å²) >= 11 is 0. The average Bonchev–Trinajstić information content (AvgIpc) is 3.16. The Bertz CT molecular complexity index is 1830. The van der Waals surface area contributed by atoms with E-state index in [9.17, 15) is 39.0 Å². The Morgan fingerprint density at radius 3 is 1.02 bits per heavy atom. The fourth-order valence-corrected chi connectivity index (χ4v) is 7.72. The molecule has 4 heterocycles. The molecule has 16 heteroatoms. The van der Waals surface area contributed by atoms with Gasteiger partial charge in [0, 0.05) is 51.4 Å². The van der Waals surface area contributed by atoms with E-state index in [1.165, 1.54) is 48.6 Å². The van der Waals surface area contributed by atoms with Gasteiger partial charge in [-0.05, 0) is 61.8 Å². The lowest BCUT2D eigenvalue weighted by molar-refractivity contribution is -0.422. The molecule has 0 aromatic rings. The van der Waals surface area contributed by atoms with Crippen molar-refractivity contribution in [3.63, 3.8) is 0 Å². The first kappa shape index (κ1) is 40.1. The first-order valence-electron chi connectivity index (χ1n) is 19.3. The second kappa shape index (κ2) is 15.7. The third kappa shape index (κ3) is 8.31. The summed E-state index contributed by atoms with van der Waals surface area (Å²) in [6.07, 6.45) is 17.1. The number of hydrogen-bond acceptors (Lipinski definition) is 16. The summed E-state index contributed by atoms with van der Waals surface area (Å²) in [7, 11) is 0. The minimum atomic E-state index is -1.68. The van der Waals surface area contributed by atoms with Crippen LogP contribution in [0, 0.1) is 11.8 Å². The topological polar surface area (TPSA) is 222 Å². The molecular formula is C42H42O16-2. The van der Waals surface area contributed by atoms with E-state index in [-0.39, 0.29) is 36.8 Å². The maximum atomic E-state index is 12.9. The zero-order valence-electron chi connectivity index (χ0n) is 31.9. The maximum Gasteiger partial charge on any atom is 0.348 e. The highest BCUT2D eigenvalue weighted by Crippen LogP contribution is 2.46. The molecule has 16 nitrogen and oxygen atoms in total. The number of carbonyl (C=O) groups excluding carboxylic acids is 6. The van der Waals surface area contributed by atoms with E-state index < -0.39 is 82.0 Å². The summed E-state index contributed by atoms with van der Waals surface area (Å²) in [5.41, 5.74) is -1.42. The molecule has 0 bridgehead atoms. The largest absolute Gasteiger partial charge is 0.574 e. The lowest BCUT2D eigenvalue weighted by atomic mass is 9.86. The molecule has 3 saturated carbocycles. The van der Waals surface area contributed by atoms with Gasteiger partial charge in [-0.1, -0.05) is 50.3 Å². The number of ether oxygens (including phenoxy) is 8. The van der Waals surface area contributed by atoms with Gasteiger partial charge in [0.1, 0.15) is 11.1 Å². The summed E-state index contributed by atoms with van der Waals surface area (Å²) in [6, 6.07) is 0. The van der Waals surface area contributed by atoms with Gasteiger partial charge in [0.25, 0.3) is 11.6 Å². The van der Waals surface area contributed by atoms with Gasteiger partial charge in [0.05, 0.1) is 23.0 Å². The summed E-state index contributed by atoms with van der Waals surface area (Å²) < 4.78 is 44.0. The van der Waals surface area contributed by atoms with Crippen molar-refractivity contribution in [2.75, 3.05) is 0 Å². The Morgan fingerprint density at radius 2 is 0.707 bits per heavy atom. The summed E-state index contributed by atoms with van der Waals surface area (Å²) in [4.78, 5) is 76.0. The molecule has 0 atom stereocenters. The van der Waals surface area contributed by atoms with Crippen molar-refractivity contribution in [1.82, 2.24) is 0 Å². The van der Waals surface area contributed by atoms with Crippen LogP contribution in [-0.4, -0.2) is 59.0 Å². The molecule has 4 spiro atoms. The minimum absolute atomic E-state index is 0.143. The first-order valence-corrected chi connectivity index (χ1v) is 19.3. The van der Waals surface area contributed by atoms with Crippen LogP contribution in [0.1, 0.15) is 90.9 Å². The third-order valence-corrected chi connectivity index (χ3v) is 11.3. The van der Waals surface area contributed by atoms with Crippen molar-refractivity contribution in [3.8, 4) is 0 Å². The van der Waals surface area contributed by atoms with E-state index in [1.54, 1.807) is 0 Å². The van der Waals surface area contributed by atoms with Gasteiger partial charge in [0.2, 0.25) is 0 Å². The molecule has 58 heavy (non-hydrogen) atoms. The van der Waals surface area contributed by atoms with Gasteiger partial charge in [-0.2, -0.15) is 0 Å². The highest BCUT2D eigenvalue weighted by atomic mass is 16.8. The van der Waals surface area contributed by atoms with Crippen LogP contribution in [0.15, 0.2) is 94.9 Å². The maximum absolute atomic E-state index is 12.9. The van der Waals surface area contributed by atoms with Gasteiger partial charge in [0.15, 0.2) is 11.6 Å². The molecule has 2 saturated heterocycles. The molecule has 0 unspecified atom stereocenters. The van der Waals surface area contributed by atoms with Crippen LogP contribution in [0.2, 0.25) is 0 Å². The van der Waals surface area contributed by atoms with E-state index >= 15 is 0 Å². The Hall–Kier alpha value is -6.06. The zero-order chi connectivity index (χ0) is 41.3. The fraction of sp³-hybridized carbons (Fsp3) is 0.476. The SMILES string of the molecule is CC1CCC2(CC1)OC(=O)C(=C/C=C/C=C/C1=C([O-])OC3(CCC4(CC3)OC(=O)C(/C=C/C=C/C=C3C(=O)OC5(CCC(C)CC5)OC3=O)=C([O-])O4)OC1=O)C(=O)O2. The fourth-order valence-electron chi connectivity index (χ4n) is 7.72. The minimum Gasteiger partial charge on any atom is -0.574 e. The molecule has 3 aliphatic carbocycles. The predicted molar refractivity (Wildman–Crippen MR) is 190 cm³/mol. The monoisotopic (exact) mass is 802 g/mol. The average molecular weight is 803 g/mol. The number of carbonyl (C=O) groups is 6. The van der Waals surface area contributed by atoms with Crippen LogP contribution in [-0.2, 0) is 66.7 Å². The summed E-state index contributed by atoms with van der Waals surface area (Å²) in [5.74, 6) is -11.9. The molecule has 7 rings (SSSR count). The third-order valence-electron chi connectivity index (χ3n) is 11.3. The van der Waals surface area contributed by atoms with Crippen LogP contribution < -0.4 is 10.2 Å². The Kier molecular flexibility index (Phi) is 10.9. The molecule has 0 aromatic carbocycles. The summed E-state index contributed by atoms with van der Waals surface area (Å²) in [5, 5.41) is 25.8. The van der Waals surface area contributed by atoms with E-state index in [1.807, 2.05) is 0 Å². The normalized spacial score (nSPS) is 34.4. The lowest BCUT2D eigenvalue weighted by Gasteiger charge is -2.53. The van der Waals surface area contributed by atoms with Crippen LogP contribution in [0.3, 0.4) is 0 Å². The van der Waals surface area contributed by atoms with Crippen molar-refractivity contribution in [1.29, 1.82) is 0 Å².